The first-order valence-corrected chi connectivity index (χ1v) is 6.73. The van der Waals surface area contributed by atoms with E-state index in [1.807, 2.05) is 6.92 Å². The van der Waals surface area contributed by atoms with Crippen LogP contribution < -0.4 is 5.32 Å². The summed E-state index contributed by atoms with van der Waals surface area (Å²) < 4.78 is 43.2. The van der Waals surface area contributed by atoms with Gasteiger partial charge in [-0.2, -0.15) is 13.2 Å². The monoisotopic (exact) mass is 351 g/mol. The van der Waals surface area contributed by atoms with Gasteiger partial charge in [0.25, 0.3) is 5.91 Å². The number of amides is 1. The lowest BCUT2D eigenvalue weighted by atomic mass is 9.88. The minimum Gasteiger partial charge on any atom is -0.380 e. The number of halogens is 4. The molecule has 1 aliphatic heterocycles. The van der Waals surface area contributed by atoms with Gasteiger partial charge in [0.1, 0.15) is 0 Å². The molecule has 0 saturated carbocycles. The normalized spacial score (nSPS) is 17.4. The molecule has 0 atom stereocenters. The number of rotatable bonds is 3. The van der Waals surface area contributed by atoms with Crippen molar-refractivity contribution in [1.82, 2.24) is 5.32 Å². The summed E-state index contributed by atoms with van der Waals surface area (Å²) in [6, 6.07) is 3.43. The average molecular weight is 352 g/mol. The Labute approximate surface area is 122 Å². The van der Waals surface area contributed by atoms with Crippen LogP contribution in [0.2, 0.25) is 0 Å². The zero-order valence-electron chi connectivity index (χ0n) is 10.7. The first kappa shape index (κ1) is 15.3. The van der Waals surface area contributed by atoms with E-state index in [1.165, 1.54) is 12.1 Å². The second-order valence-corrected chi connectivity index (χ2v) is 6.03. The van der Waals surface area contributed by atoms with Crippen LogP contribution in [-0.4, -0.2) is 25.7 Å². The van der Waals surface area contributed by atoms with Crippen LogP contribution in [0.3, 0.4) is 0 Å². The Kier molecular flexibility index (Phi) is 4.11. The van der Waals surface area contributed by atoms with Gasteiger partial charge in [-0.25, -0.2) is 0 Å². The maximum atomic E-state index is 12.8. The van der Waals surface area contributed by atoms with Gasteiger partial charge in [0.05, 0.1) is 18.8 Å². The van der Waals surface area contributed by atoms with Gasteiger partial charge in [0, 0.05) is 22.0 Å². The minimum absolute atomic E-state index is 0.00985. The molecule has 1 fully saturated rings. The summed E-state index contributed by atoms with van der Waals surface area (Å²) in [5, 5.41) is 2.64. The maximum Gasteiger partial charge on any atom is 0.417 e. The number of hydrogen-bond acceptors (Lipinski definition) is 2. The van der Waals surface area contributed by atoms with Crippen LogP contribution in [-0.2, 0) is 10.9 Å². The van der Waals surface area contributed by atoms with Crippen molar-refractivity contribution in [3.05, 3.63) is 33.8 Å². The molecule has 1 aromatic carbocycles. The molecule has 0 radical (unpaired) electrons. The quantitative estimate of drug-likeness (QED) is 0.907. The van der Waals surface area contributed by atoms with Crippen molar-refractivity contribution in [3.63, 3.8) is 0 Å². The first-order valence-electron chi connectivity index (χ1n) is 5.94. The molecule has 1 amide bonds. The predicted molar refractivity (Wildman–Crippen MR) is 70.4 cm³/mol. The first-order chi connectivity index (χ1) is 9.21. The molecular weight excluding hydrogens is 339 g/mol. The van der Waals surface area contributed by atoms with Crippen LogP contribution in [0.15, 0.2) is 22.7 Å². The molecule has 0 unspecified atom stereocenters. The standard InChI is InChI=1S/C13H13BrF3NO2/c1-12(6-20-7-12)5-18-11(19)8-2-3-10(14)9(4-8)13(15,16)17/h2-4H,5-7H2,1H3,(H,18,19). The molecule has 0 aromatic heterocycles. The summed E-state index contributed by atoms with van der Waals surface area (Å²) in [6.45, 7) is 3.41. The fourth-order valence-corrected chi connectivity index (χ4v) is 2.30. The van der Waals surface area contributed by atoms with E-state index in [1.54, 1.807) is 0 Å². The van der Waals surface area contributed by atoms with E-state index in [0.717, 1.165) is 6.07 Å². The van der Waals surface area contributed by atoms with Gasteiger partial charge in [-0.15, -0.1) is 0 Å². The van der Waals surface area contributed by atoms with Gasteiger partial charge in [-0.1, -0.05) is 22.9 Å². The molecule has 1 heterocycles. The van der Waals surface area contributed by atoms with Crippen molar-refractivity contribution in [2.45, 2.75) is 13.1 Å². The highest BCUT2D eigenvalue weighted by Gasteiger charge is 2.35. The van der Waals surface area contributed by atoms with Gasteiger partial charge < -0.3 is 10.1 Å². The molecule has 7 heteroatoms. The summed E-state index contributed by atoms with van der Waals surface area (Å²) in [5.74, 6) is -0.517. The Morgan fingerprint density at radius 2 is 2.10 bits per heavy atom. The molecule has 20 heavy (non-hydrogen) atoms. The molecule has 110 valence electrons. The summed E-state index contributed by atoms with van der Waals surface area (Å²) in [4.78, 5) is 11.9. The fraction of sp³-hybridized carbons (Fsp3) is 0.462. The van der Waals surface area contributed by atoms with Crippen LogP contribution in [0.25, 0.3) is 0 Å². The maximum absolute atomic E-state index is 12.8. The number of benzene rings is 1. The van der Waals surface area contributed by atoms with Crippen molar-refractivity contribution >= 4 is 21.8 Å². The van der Waals surface area contributed by atoms with Crippen molar-refractivity contribution < 1.29 is 22.7 Å². The van der Waals surface area contributed by atoms with E-state index in [0.29, 0.717) is 19.8 Å². The lowest BCUT2D eigenvalue weighted by Gasteiger charge is -2.38. The van der Waals surface area contributed by atoms with Crippen molar-refractivity contribution in [2.75, 3.05) is 19.8 Å². The number of nitrogens with one attached hydrogen (secondary N) is 1. The molecule has 1 saturated heterocycles. The van der Waals surface area contributed by atoms with E-state index in [2.05, 4.69) is 21.2 Å². The predicted octanol–water partition coefficient (Wildman–Crippen LogP) is 3.23. The van der Waals surface area contributed by atoms with E-state index < -0.39 is 17.6 Å². The van der Waals surface area contributed by atoms with E-state index in [9.17, 15) is 18.0 Å². The average Bonchev–Trinajstić information content (AvgIpc) is 2.32. The topological polar surface area (TPSA) is 38.3 Å². The Morgan fingerprint density at radius 1 is 1.45 bits per heavy atom. The summed E-state index contributed by atoms with van der Waals surface area (Å²) in [7, 11) is 0. The minimum atomic E-state index is -4.50. The zero-order valence-corrected chi connectivity index (χ0v) is 12.3. The third kappa shape index (κ3) is 3.32. The van der Waals surface area contributed by atoms with Crippen molar-refractivity contribution in [2.24, 2.45) is 5.41 Å². The van der Waals surface area contributed by atoms with Crippen LogP contribution in [0.4, 0.5) is 13.2 Å². The fourth-order valence-electron chi connectivity index (χ4n) is 1.83. The molecule has 0 bridgehead atoms. The number of carbonyl (C=O) groups excluding carboxylic acids is 1. The second-order valence-electron chi connectivity index (χ2n) is 5.18. The van der Waals surface area contributed by atoms with E-state index in [-0.39, 0.29) is 15.5 Å². The number of ether oxygens (including phenoxy) is 1. The summed E-state index contributed by atoms with van der Waals surface area (Å²) in [5.41, 5.74) is -0.995. The molecular formula is C13H13BrF3NO2. The highest BCUT2D eigenvalue weighted by atomic mass is 79.9. The Morgan fingerprint density at radius 3 is 2.60 bits per heavy atom. The highest BCUT2D eigenvalue weighted by Crippen LogP contribution is 2.35. The number of alkyl halides is 3. The third-order valence-electron chi connectivity index (χ3n) is 3.11. The SMILES string of the molecule is CC1(CNC(=O)c2ccc(Br)c(C(F)(F)F)c2)COC1. The Hall–Kier alpha value is -1.08. The molecule has 3 nitrogen and oxygen atoms in total. The van der Waals surface area contributed by atoms with E-state index in [4.69, 9.17) is 4.74 Å². The van der Waals surface area contributed by atoms with Gasteiger partial charge >= 0.3 is 6.18 Å². The third-order valence-corrected chi connectivity index (χ3v) is 3.80. The van der Waals surface area contributed by atoms with Gasteiger partial charge in [-0.3, -0.25) is 4.79 Å². The Bertz CT molecular complexity index is 527. The molecule has 1 aliphatic rings. The molecule has 2 rings (SSSR count). The van der Waals surface area contributed by atoms with E-state index >= 15 is 0 Å². The largest absolute Gasteiger partial charge is 0.417 e. The lowest BCUT2D eigenvalue weighted by Crippen LogP contribution is -2.48. The number of carbonyl (C=O) groups is 1. The zero-order chi connectivity index (χ0) is 15.0. The van der Waals surface area contributed by atoms with Gasteiger partial charge in [-0.05, 0) is 18.2 Å². The van der Waals surface area contributed by atoms with Gasteiger partial charge in [0.2, 0.25) is 0 Å². The van der Waals surface area contributed by atoms with Gasteiger partial charge in [0.15, 0.2) is 0 Å². The molecule has 0 aliphatic carbocycles. The van der Waals surface area contributed by atoms with Crippen LogP contribution >= 0.6 is 15.9 Å². The highest BCUT2D eigenvalue weighted by molar-refractivity contribution is 9.10. The molecule has 0 spiro atoms. The lowest BCUT2D eigenvalue weighted by molar-refractivity contribution is -0.138. The summed E-state index contributed by atoms with van der Waals surface area (Å²) in [6.07, 6.45) is -4.50. The van der Waals surface area contributed by atoms with Crippen LogP contribution in [0, 0.1) is 5.41 Å². The Balaban J connectivity index is 2.10. The van der Waals surface area contributed by atoms with Crippen LogP contribution in [0.1, 0.15) is 22.8 Å². The molecule has 1 aromatic rings. The number of hydrogen-bond donors (Lipinski definition) is 1. The smallest absolute Gasteiger partial charge is 0.380 e. The summed E-state index contributed by atoms with van der Waals surface area (Å²) >= 11 is 2.84. The van der Waals surface area contributed by atoms with Crippen molar-refractivity contribution in [1.29, 1.82) is 0 Å². The van der Waals surface area contributed by atoms with Crippen molar-refractivity contribution in [3.8, 4) is 0 Å². The van der Waals surface area contributed by atoms with Crippen LogP contribution in [0.5, 0.6) is 0 Å². The second kappa shape index (κ2) is 5.37. The molecule has 1 N–H and O–H groups in total.